The zero-order valence-corrected chi connectivity index (χ0v) is 12.3. The van der Waals surface area contributed by atoms with E-state index in [9.17, 15) is 14.0 Å². The van der Waals surface area contributed by atoms with E-state index in [0.29, 0.717) is 12.5 Å². The minimum atomic E-state index is -0.657. The molecule has 1 aliphatic heterocycles. The molecule has 1 aromatic rings. The van der Waals surface area contributed by atoms with Gasteiger partial charge in [-0.05, 0) is 44.0 Å². The number of rotatable bonds is 5. The molecule has 2 amide bonds. The lowest BCUT2D eigenvalue weighted by molar-refractivity contribution is -0.116. The number of nitrogens with two attached hydrogens (primary N) is 1. The van der Waals surface area contributed by atoms with Crippen LogP contribution < -0.4 is 16.4 Å². The molecular formula is C14H19ClFN3O2. The molecule has 0 saturated carbocycles. The van der Waals surface area contributed by atoms with Crippen molar-refractivity contribution in [1.29, 1.82) is 0 Å². The van der Waals surface area contributed by atoms with E-state index in [4.69, 9.17) is 5.73 Å². The lowest BCUT2D eigenvalue weighted by atomic mass is 10.1. The summed E-state index contributed by atoms with van der Waals surface area (Å²) in [6.07, 6.45) is 3.24. The normalized spacial score (nSPS) is 17.1. The average Bonchev–Trinajstić information content (AvgIpc) is 2.92. The van der Waals surface area contributed by atoms with Gasteiger partial charge in [-0.15, -0.1) is 12.4 Å². The van der Waals surface area contributed by atoms with E-state index < -0.39 is 11.7 Å². The molecule has 0 spiro atoms. The molecule has 0 bridgehead atoms. The van der Waals surface area contributed by atoms with E-state index in [1.807, 2.05) is 0 Å². The van der Waals surface area contributed by atoms with E-state index in [-0.39, 0.29) is 29.6 Å². The lowest BCUT2D eigenvalue weighted by Crippen LogP contribution is -2.23. The smallest absolute Gasteiger partial charge is 0.248 e. The van der Waals surface area contributed by atoms with Gasteiger partial charge in [0.2, 0.25) is 11.8 Å². The second-order valence-electron chi connectivity index (χ2n) is 4.94. The van der Waals surface area contributed by atoms with Crippen LogP contribution in [-0.2, 0) is 4.79 Å². The first-order valence-corrected chi connectivity index (χ1v) is 6.69. The Morgan fingerprint density at radius 2 is 2.19 bits per heavy atom. The number of nitrogens with one attached hydrogen (secondary N) is 2. The molecule has 1 saturated heterocycles. The lowest BCUT2D eigenvalue weighted by Gasteiger charge is -2.11. The van der Waals surface area contributed by atoms with Crippen molar-refractivity contribution in [3.63, 3.8) is 0 Å². The minimum absolute atomic E-state index is 0. The van der Waals surface area contributed by atoms with Crippen molar-refractivity contribution in [2.75, 3.05) is 11.9 Å². The van der Waals surface area contributed by atoms with Gasteiger partial charge in [0.25, 0.3) is 0 Å². The Bertz CT molecular complexity index is 519. The third-order valence-corrected chi connectivity index (χ3v) is 3.41. The zero-order valence-electron chi connectivity index (χ0n) is 11.5. The molecule has 1 heterocycles. The maximum absolute atomic E-state index is 13.6. The Labute approximate surface area is 128 Å². The Kier molecular flexibility index (Phi) is 6.58. The third kappa shape index (κ3) is 4.99. The fraction of sp³-hybridized carbons (Fsp3) is 0.429. The Hall–Kier alpha value is -1.66. The highest BCUT2D eigenvalue weighted by atomic mass is 35.5. The first kappa shape index (κ1) is 17.4. The van der Waals surface area contributed by atoms with Crippen LogP contribution >= 0.6 is 12.4 Å². The van der Waals surface area contributed by atoms with Gasteiger partial charge in [0, 0.05) is 18.0 Å². The highest BCUT2D eigenvalue weighted by molar-refractivity contribution is 5.96. The van der Waals surface area contributed by atoms with Crippen LogP contribution in [0.1, 0.15) is 36.0 Å². The molecule has 1 unspecified atom stereocenters. The van der Waals surface area contributed by atoms with Crippen molar-refractivity contribution in [3.05, 3.63) is 29.6 Å². The van der Waals surface area contributed by atoms with Crippen LogP contribution in [0.2, 0.25) is 0 Å². The van der Waals surface area contributed by atoms with Crippen LogP contribution in [0.4, 0.5) is 10.1 Å². The van der Waals surface area contributed by atoms with Crippen molar-refractivity contribution in [2.24, 2.45) is 5.73 Å². The molecule has 0 aliphatic carbocycles. The van der Waals surface area contributed by atoms with Gasteiger partial charge < -0.3 is 16.4 Å². The summed E-state index contributed by atoms with van der Waals surface area (Å²) in [5.41, 5.74) is 5.28. The third-order valence-electron chi connectivity index (χ3n) is 3.41. The molecule has 1 fully saturated rings. The number of primary amides is 1. The fourth-order valence-corrected chi connectivity index (χ4v) is 2.30. The van der Waals surface area contributed by atoms with Crippen molar-refractivity contribution in [2.45, 2.75) is 31.7 Å². The summed E-state index contributed by atoms with van der Waals surface area (Å²) < 4.78 is 13.6. The summed E-state index contributed by atoms with van der Waals surface area (Å²) in [7, 11) is 0. The van der Waals surface area contributed by atoms with Crippen molar-refractivity contribution >= 4 is 29.9 Å². The van der Waals surface area contributed by atoms with Gasteiger partial charge in [-0.25, -0.2) is 4.39 Å². The van der Waals surface area contributed by atoms with E-state index in [1.54, 1.807) is 0 Å². The first-order chi connectivity index (χ1) is 9.56. The molecule has 7 heteroatoms. The molecule has 0 aromatic heterocycles. The van der Waals surface area contributed by atoms with Gasteiger partial charge in [0.15, 0.2) is 0 Å². The number of benzene rings is 1. The molecule has 2 rings (SSSR count). The summed E-state index contributed by atoms with van der Waals surface area (Å²) in [6, 6.07) is 4.02. The fourth-order valence-electron chi connectivity index (χ4n) is 2.30. The summed E-state index contributed by atoms with van der Waals surface area (Å²) in [5.74, 6) is -1.50. The molecule has 1 atom stereocenters. The first-order valence-electron chi connectivity index (χ1n) is 6.69. The van der Waals surface area contributed by atoms with Crippen LogP contribution in [0.3, 0.4) is 0 Å². The molecular weight excluding hydrogens is 297 g/mol. The number of hydrogen-bond acceptors (Lipinski definition) is 3. The number of amides is 2. The molecule has 1 aromatic carbocycles. The highest BCUT2D eigenvalue weighted by Gasteiger charge is 2.16. The number of halogens is 2. The van der Waals surface area contributed by atoms with Crippen LogP contribution in [0.15, 0.2) is 18.2 Å². The van der Waals surface area contributed by atoms with Gasteiger partial charge >= 0.3 is 0 Å². The summed E-state index contributed by atoms with van der Waals surface area (Å²) in [6.45, 7) is 0.988. The molecule has 21 heavy (non-hydrogen) atoms. The number of hydrogen-bond donors (Lipinski definition) is 3. The van der Waals surface area contributed by atoms with E-state index in [2.05, 4.69) is 10.6 Å². The summed E-state index contributed by atoms with van der Waals surface area (Å²) >= 11 is 0. The topological polar surface area (TPSA) is 84.2 Å². The average molecular weight is 316 g/mol. The monoisotopic (exact) mass is 315 g/mol. The summed E-state index contributed by atoms with van der Waals surface area (Å²) in [4.78, 5) is 22.8. The Balaban J connectivity index is 0.00000220. The number of carbonyl (C=O) groups excluding carboxylic acids is 2. The highest BCUT2D eigenvalue weighted by Crippen LogP contribution is 2.17. The van der Waals surface area contributed by atoms with E-state index in [0.717, 1.165) is 31.9 Å². The maximum atomic E-state index is 13.6. The number of anilines is 1. The van der Waals surface area contributed by atoms with Gasteiger partial charge in [-0.1, -0.05) is 0 Å². The largest absolute Gasteiger partial charge is 0.366 e. The number of carbonyl (C=O) groups is 2. The molecule has 1 aliphatic rings. The molecule has 0 radical (unpaired) electrons. The van der Waals surface area contributed by atoms with Gasteiger partial charge in [0.05, 0.1) is 5.69 Å². The standard InChI is InChI=1S/C14H18FN3O2.ClH/c15-11-5-3-9(14(16)20)8-12(11)18-13(19)6-4-10-2-1-7-17-10;/h3,5,8,10,17H,1-2,4,6-7H2,(H2,16,20)(H,18,19);1H. The summed E-state index contributed by atoms with van der Waals surface area (Å²) in [5, 5.41) is 5.78. The minimum Gasteiger partial charge on any atom is -0.366 e. The SMILES string of the molecule is Cl.NC(=O)c1ccc(F)c(NC(=O)CCC2CCCN2)c1. The maximum Gasteiger partial charge on any atom is 0.248 e. The molecule has 4 N–H and O–H groups in total. The van der Waals surface area contributed by atoms with Gasteiger partial charge in [-0.3, -0.25) is 9.59 Å². The van der Waals surface area contributed by atoms with Crippen molar-refractivity contribution in [3.8, 4) is 0 Å². The van der Waals surface area contributed by atoms with Crippen LogP contribution in [0, 0.1) is 5.82 Å². The van der Waals surface area contributed by atoms with Crippen molar-refractivity contribution in [1.82, 2.24) is 5.32 Å². The Morgan fingerprint density at radius 1 is 1.43 bits per heavy atom. The van der Waals surface area contributed by atoms with E-state index >= 15 is 0 Å². The predicted octanol–water partition coefficient (Wildman–Crippen LogP) is 1.82. The van der Waals surface area contributed by atoms with Gasteiger partial charge in [0.1, 0.15) is 5.82 Å². The molecule has 5 nitrogen and oxygen atoms in total. The van der Waals surface area contributed by atoms with Crippen LogP contribution in [0.5, 0.6) is 0 Å². The second kappa shape index (κ2) is 7.95. The molecule has 116 valence electrons. The zero-order chi connectivity index (χ0) is 14.5. The van der Waals surface area contributed by atoms with Crippen molar-refractivity contribution < 1.29 is 14.0 Å². The Morgan fingerprint density at radius 3 is 2.81 bits per heavy atom. The van der Waals surface area contributed by atoms with E-state index in [1.165, 1.54) is 12.1 Å². The predicted molar refractivity (Wildman–Crippen MR) is 81.1 cm³/mol. The van der Waals surface area contributed by atoms with Crippen LogP contribution in [0.25, 0.3) is 0 Å². The van der Waals surface area contributed by atoms with Gasteiger partial charge in [-0.2, -0.15) is 0 Å². The van der Waals surface area contributed by atoms with Crippen LogP contribution in [-0.4, -0.2) is 24.4 Å². The second-order valence-corrected chi connectivity index (χ2v) is 4.94. The quantitative estimate of drug-likeness (QED) is 0.775.